The Labute approximate surface area is 146 Å². The van der Waals surface area contributed by atoms with Crippen LogP contribution in [0.2, 0.25) is 0 Å². The molecule has 2 amide bonds. The fraction of sp³-hybridized carbons (Fsp3) is 0.211. The summed E-state index contributed by atoms with van der Waals surface area (Å²) in [4.78, 5) is 22.5. The number of carbonyl (C=O) groups is 1. The Bertz CT molecular complexity index is 860. The van der Waals surface area contributed by atoms with Gasteiger partial charge < -0.3 is 14.8 Å². The maximum Gasteiger partial charge on any atom is 0.317 e. The van der Waals surface area contributed by atoms with E-state index >= 15 is 0 Å². The van der Waals surface area contributed by atoms with E-state index in [1.807, 2.05) is 47.8 Å². The largest absolute Gasteiger partial charge is 0.336 e. The van der Waals surface area contributed by atoms with Crippen molar-refractivity contribution in [1.29, 1.82) is 0 Å². The Morgan fingerprint density at radius 2 is 1.88 bits per heavy atom. The number of imidazole rings is 1. The third-order valence-corrected chi connectivity index (χ3v) is 4.38. The van der Waals surface area contributed by atoms with Gasteiger partial charge in [0, 0.05) is 49.7 Å². The van der Waals surface area contributed by atoms with Crippen LogP contribution in [0.3, 0.4) is 0 Å². The van der Waals surface area contributed by atoms with Crippen molar-refractivity contribution in [2.24, 2.45) is 0 Å². The maximum absolute atomic E-state index is 11.8. The second-order valence-electron chi connectivity index (χ2n) is 5.96. The average molecular weight is 333 g/mol. The number of aromatic nitrogens is 3. The monoisotopic (exact) mass is 333 g/mol. The molecule has 0 spiro atoms. The molecule has 1 saturated heterocycles. The molecule has 6 heteroatoms. The molecule has 3 heterocycles. The van der Waals surface area contributed by atoms with Crippen molar-refractivity contribution in [3.8, 4) is 22.5 Å². The molecule has 1 fully saturated rings. The fourth-order valence-electron chi connectivity index (χ4n) is 3.12. The van der Waals surface area contributed by atoms with Crippen molar-refractivity contribution < 1.29 is 4.79 Å². The molecule has 0 bridgehead atoms. The first-order valence-corrected chi connectivity index (χ1v) is 8.36. The summed E-state index contributed by atoms with van der Waals surface area (Å²) in [5.41, 5.74) is 4.04. The molecule has 0 unspecified atom stereocenters. The molecule has 0 aliphatic carbocycles. The van der Waals surface area contributed by atoms with Crippen molar-refractivity contribution in [2.75, 3.05) is 19.6 Å². The lowest BCUT2D eigenvalue weighted by molar-refractivity contribution is 0.215. The summed E-state index contributed by atoms with van der Waals surface area (Å²) in [5, 5.41) is 2.84. The maximum atomic E-state index is 11.8. The summed E-state index contributed by atoms with van der Waals surface area (Å²) in [7, 11) is 0. The van der Waals surface area contributed by atoms with E-state index in [2.05, 4.69) is 32.0 Å². The molecule has 1 aliphatic heterocycles. The van der Waals surface area contributed by atoms with Gasteiger partial charge in [0.15, 0.2) is 0 Å². The average Bonchev–Trinajstić information content (AvgIpc) is 3.27. The van der Waals surface area contributed by atoms with Crippen LogP contribution in [0.4, 0.5) is 4.79 Å². The van der Waals surface area contributed by atoms with Crippen LogP contribution in [0.5, 0.6) is 0 Å². The lowest BCUT2D eigenvalue weighted by Crippen LogP contribution is -2.31. The minimum absolute atomic E-state index is 0.00586. The zero-order valence-electron chi connectivity index (χ0n) is 13.8. The van der Waals surface area contributed by atoms with Gasteiger partial charge in [0.2, 0.25) is 0 Å². The lowest BCUT2D eigenvalue weighted by atomic mass is 10.1. The van der Waals surface area contributed by atoms with Gasteiger partial charge in [-0.1, -0.05) is 30.3 Å². The Kier molecular flexibility index (Phi) is 4.16. The summed E-state index contributed by atoms with van der Waals surface area (Å²) in [6.45, 7) is 2.82. The number of rotatable bonds is 5. The number of urea groups is 1. The molecule has 0 atom stereocenters. The molecular formula is C19H19N5O. The second kappa shape index (κ2) is 6.76. The smallest absolute Gasteiger partial charge is 0.317 e. The molecule has 1 N–H and O–H groups in total. The Morgan fingerprint density at radius 3 is 2.60 bits per heavy atom. The van der Waals surface area contributed by atoms with Gasteiger partial charge in [0.05, 0.1) is 17.7 Å². The van der Waals surface area contributed by atoms with E-state index in [-0.39, 0.29) is 6.03 Å². The summed E-state index contributed by atoms with van der Waals surface area (Å²) in [5.74, 6) is 0. The normalized spacial score (nSPS) is 13.9. The quantitative estimate of drug-likeness (QED) is 0.781. The number of hydrogen-bond acceptors (Lipinski definition) is 3. The molecule has 126 valence electrons. The van der Waals surface area contributed by atoms with Crippen LogP contribution < -0.4 is 5.32 Å². The van der Waals surface area contributed by atoms with Gasteiger partial charge in [-0.15, -0.1) is 0 Å². The van der Waals surface area contributed by atoms with Crippen LogP contribution in [-0.4, -0.2) is 45.1 Å². The van der Waals surface area contributed by atoms with Crippen molar-refractivity contribution in [3.63, 3.8) is 0 Å². The first kappa shape index (κ1) is 15.4. The van der Waals surface area contributed by atoms with Gasteiger partial charge in [-0.05, 0) is 12.1 Å². The molecule has 3 aromatic rings. The highest BCUT2D eigenvalue weighted by Gasteiger charge is 2.20. The number of nitrogens with zero attached hydrogens (tertiary/aromatic N) is 4. The number of hydrogen-bond donors (Lipinski definition) is 1. The molecule has 1 aliphatic rings. The van der Waals surface area contributed by atoms with E-state index in [1.54, 1.807) is 6.20 Å². The third-order valence-electron chi connectivity index (χ3n) is 4.38. The van der Waals surface area contributed by atoms with Crippen LogP contribution in [0.1, 0.15) is 0 Å². The lowest BCUT2D eigenvalue weighted by Gasteiger charge is -2.16. The highest BCUT2D eigenvalue weighted by molar-refractivity contribution is 5.78. The van der Waals surface area contributed by atoms with Gasteiger partial charge in [0.25, 0.3) is 0 Å². The highest BCUT2D eigenvalue weighted by atomic mass is 16.2. The third kappa shape index (κ3) is 3.10. The number of benzene rings is 1. The Hall–Kier alpha value is -3.15. The van der Waals surface area contributed by atoms with E-state index in [0.29, 0.717) is 19.6 Å². The number of nitrogens with one attached hydrogen (secondary N) is 1. The minimum atomic E-state index is 0.00586. The molecule has 2 aromatic heterocycles. The van der Waals surface area contributed by atoms with Gasteiger partial charge in [-0.3, -0.25) is 4.98 Å². The van der Waals surface area contributed by atoms with Gasteiger partial charge >= 0.3 is 6.03 Å². The summed E-state index contributed by atoms with van der Waals surface area (Å²) >= 11 is 0. The number of carbonyl (C=O) groups excluding carboxylic acids is 1. The van der Waals surface area contributed by atoms with Crippen molar-refractivity contribution >= 4 is 6.03 Å². The fourth-order valence-corrected chi connectivity index (χ4v) is 3.12. The summed E-state index contributed by atoms with van der Waals surface area (Å²) in [6, 6.07) is 14.1. The summed E-state index contributed by atoms with van der Waals surface area (Å²) in [6.07, 6.45) is 5.46. The van der Waals surface area contributed by atoms with Crippen molar-refractivity contribution in [3.05, 3.63) is 61.2 Å². The number of pyridine rings is 1. The second-order valence-corrected chi connectivity index (χ2v) is 5.96. The van der Waals surface area contributed by atoms with Crippen molar-refractivity contribution in [2.45, 2.75) is 6.54 Å². The molecule has 25 heavy (non-hydrogen) atoms. The molecule has 0 saturated carbocycles. The van der Waals surface area contributed by atoms with E-state index in [1.165, 1.54) is 0 Å². The van der Waals surface area contributed by atoms with Gasteiger partial charge in [-0.25, -0.2) is 9.78 Å². The van der Waals surface area contributed by atoms with E-state index in [9.17, 15) is 4.79 Å². The minimum Gasteiger partial charge on any atom is -0.336 e. The molecule has 0 radical (unpaired) electrons. The number of amides is 2. The topological polar surface area (TPSA) is 63.1 Å². The van der Waals surface area contributed by atoms with Crippen LogP contribution in [0.15, 0.2) is 61.2 Å². The van der Waals surface area contributed by atoms with Crippen molar-refractivity contribution in [1.82, 2.24) is 24.8 Å². The van der Waals surface area contributed by atoms with E-state index in [4.69, 9.17) is 0 Å². The SMILES string of the molecule is O=C1NCCN1CCn1cnc(-c2ccccc2)c1-c1cccnc1. The highest BCUT2D eigenvalue weighted by Crippen LogP contribution is 2.30. The van der Waals surface area contributed by atoms with E-state index in [0.717, 1.165) is 29.1 Å². The molecule has 6 nitrogen and oxygen atoms in total. The molecular weight excluding hydrogens is 314 g/mol. The van der Waals surface area contributed by atoms with Gasteiger partial charge in [0.1, 0.15) is 0 Å². The zero-order valence-corrected chi connectivity index (χ0v) is 13.8. The summed E-state index contributed by atoms with van der Waals surface area (Å²) < 4.78 is 2.10. The van der Waals surface area contributed by atoms with Crippen LogP contribution in [0.25, 0.3) is 22.5 Å². The Morgan fingerprint density at radius 1 is 1.04 bits per heavy atom. The zero-order chi connectivity index (χ0) is 17.1. The molecule has 4 rings (SSSR count). The van der Waals surface area contributed by atoms with Crippen LogP contribution in [-0.2, 0) is 6.54 Å². The predicted octanol–water partition coefficient (Wildman–Crippen LogP) is 2.64. The van der Waals surface area contributed by atoms with E-state index < -0.39 is 0 Å². The predicted molar refractivity (Wildman–Crippen MR) is 95.9 cm³/mol. The first-order valence-electron chi connectivity index (χ1n) is 8.36. The van der Waals surface area contributed by atoms with Crippen LogP contribution >= 0.6 is 0 Å². The molecule has 1 aromatic carbocycles. The Balaban J connectivity index is 1.69. The first-order chi connectivity index (χ1) is 12.3. The standard InChI is InChI=1S/C19H19N5O/c25-19-21-9-10-23(19)11-12-24-14-22-17(15-5-2-1-3-6-15)18(24)16-7-4-8-20-13-16/h1-8,13-14H,9-12H2,(H,21,25). The van der Waals surface area contributed by atoms with Gasteiger partial charge in [-0.2, -0.15) is 0 Å². The van der Waals surface area contributed by atoms with Crippen LogP contribution in [0, 0.1) is 0 Å².